The number of H-pyrrole nitrogens is 1. The molecular weight excluding hydrogens is 386 g/mol. The van der Waals surface area contributed by atoms with Gasteiger partial charge in [0.05, 0.1) is 0 Å². The number of hydrogen-bond donors (Lipinski definition) is 3. The van der Waals surface area contributed by atoms with E-state index in [9.17, 15) is 9.59 Å². The largest absolute Gasteiger partial charge is 0.360 e. The lowest BCUT2D eigenvalue weighted by Gasteiger charge is -2.16. The van der Waals surface area contributed by atoms with Crippen LogP contribution in [-0.2, 0) is 4.79 Å². The van der Waals surface area contributed by atoms with Crippen LogP contribution in [0.1, 0.15) is 33.1 Å². The highest BCUT2D eigenvalue weighted by atomic mass is 16.2. The SMILES string of the molecule is Cc1cccc(C)c1NC(=O)C[NH2+][C@H](C(=O)c1c[nH]c2ccccc12)c1ccccc1. The van der Waals surface area contributed by atoms with Crippen molar-refractivity contribution in [3.05, 3.63) is 101 Å². The molecule has 3 aromatic carbocycles. The molecule has 5 heteroatoms. The lowest BCUT2D eigenvalue weighted by Crippen LogP contribution is -2.88. The van der Waals surface area contributed by atoms with Crippen molar-refractivity contribution in [2.45, 2.75) is 19.9 Å². The van der Waals surface area contributed by atoms with Crippen LogP contribution in [0.3, 0.4) is 0 Å². The van der Waals surface area contributed by atoms with Crippen LogP contribution in [0.2, 0.25) is 0 Å². The number of aromatic nitrogens is 1. The first-order valence-corrected chi connectivity index (χ1v) is 10.4. The molecule has 31 heavy (non-hydrogen) atoms. The first-order chi connectivity index (χ1) is 15.0. The number of fused-ring (bicyclic) bond motifs is 1. The number of nitrogens with one attached hydrogen (secondary N) is 2. The molecule has 1 atom stereocenters. The molecule has 0 aliphatic heterocycles. The van der Waals surface area contributed by atoms with Gasteiger partial charge in [0.1, 0.15) is 0 Å². The Bertz CT molecular complexity index is 1210. The lowest BCUT2D eigenvalue weighted by atomic mass is 9.97. The molecule has 0 aliphatic rings. The molecule has 0 radical (unpaired) electrons. The van der Waals surface area contributed by atoms with Gasteiger partial charge in [-0.05, 0) is 31.0 Å². The van der Waals surface area contributed by atoms with Gasteiger partial charge in [-0.2, -0.15) is 0 Å². The molecule has 1 aromatic heterocycles. The van der Waals surface area contributed by atoms with Crippen LogP contribution >= 0.6 is 0 Å². The van der Waals surface area contributed by atoms with Crippen molar-refractivity contribution in [2.75, 3.05) is 11.9 Å². The van der Waals surface area contributed by atoms with E-state index in [1.54, 1.807) is 6.20 Å². The number of carbonyl (C=O) groups excluding carboxylic acids is 2. The Kier molecular flexibility index (Phi) is 5.96. The molecule has 4 N–H and O–H groups in total. The maximum absolute atomic E-state index is 13.5. The van der Waals surface area contributed by atoms with Crippen molar-refractivity contribution < 1.29 is 14.9 Å². The van der Waals surface area contributed by atoms with E-state index in [1.807, 2.05) is 92.0 Å². The smallest absolute Gasteiger partial charge is 0.279 e. The minimum Gasteiger partial charge on any atom is -0.360 e. The average Bonchev–Trinajstić information content (AvgIpc) is 3.21. The van der Waals surface area contributed by atoms with Crippen molar-refractivity contribution in [3.8, 4) is 0 Å². The Morgan fingerprint density at radius 1 is 0.903 bits per heavy atom. The number of benzene rings is 3. The van der Waals surface area contributed by atoms with E-state index in [-0.39, 0.29) is 18.2 Å². The number of aryl methyl sites for hydroxylation is 2. The number of aromatic amines is 1. The van der Waals surface area contributed by atoms with Crippen LogP contribution in [0, 0.1) is 13.8 Å². The molecule has 0 fully saturated rings. The van der Waals surface area contributed by atoms with Gasteiger partial charge in [-0.15, -0.1) is 0 Å². The van der Waals surface area contributed by atoms with E-state index in [1.165, 1.54) is 0 Å². The van der Waals surface area contributed by atoms with Gasteiger partial charge in [0.15, 0.2) is 12.6 Å². The summed E-state index contributed by atoms with van der Waals surface area (Å²) >= 11 is 0. The Labute approximate surface area is 181 Å². The second-order valence-electron chi connectivity index (χ2n) is 7.76. The summed E-state index contributed by atoms with van der Waals surface area (Å²) in [6.45, 7) is 4.08. The van der Waals surface area contributed by atoms with Gasteiger partial charge in [0.2, 0.25) is 5.78 Å². The fourth-order valence-corrected chi connectivity index (χ4v) is 3.92. The van der Waals surface area contributed by atoms with E-state index < -0.39 is 6.04 Å². The van der Waals surface area contributed by atoms with Gasteiger partial charge in [0, 0.05) is 33.9 Å². The molecule has 156 valence electrons. The number of amides is 1. The molecular formula is C26H26N3O2+. The topological polar surface area (TPSA) is 78.6 Å². The molecule has 0 unspecified atom stereocenters. The van der Waals surface area contributed by atoms with Crippen LogP contribution in [0.4, 0.5) is 5.69 Å². The Hall–Kier alpha value is -3.70. The predicted molar refractivity (Wildman–Crippen MR) is 123 cm³/mol. The molecule has 0 aliphatic carbocycles. The maximum atomic E-state index is 13.5. The third-order valence-electron chi connectivity index (χ3n) is 5.58. The fraction of sp³-hybridized carbons (Fsp3) is 0.154. The summed E-state index contributed by atoms with van der Waals surface area (Å²) in [6, 6.07) is 22.8. The van der Waals surface area contributed by atoms with Crippen molar-refractivity contribution >= 4 is 28.3 Å². The van der Waals surface area contributed by atoms with Crippen LogP contribution in [0.25, 0.3) is 10.9 Å². The highest BCUT2D eigenvalue weighted by molar-refractivity contribution is 6.10. The average molecular weight is 413 g/mol. The Balaban J connectivity index is 1.56. The van der Waals surface area contributed by atoms with Gasteiger partial charge in [0.25, 0.3) is 5.91 Å². The number of Topliss-reactive ketones (excluding diaryl/α,β-unsaturated/α-hetero) is 1. The van der Waals surface area contributed by atoms with Crippen LogP contribution < -0.4 is 10.6 Å². The van der Waals surface area contributed by atoms with Gasteiger partial charge >= 0.3 is 0 Å². The molecule has 1 heterocycles. The van der Waals surface area contributed by atoms with Crippen LogP contribution in [0.15, 0.2) is 79.0 Å². The minimum absolute atomic E-state index is 0.0245. The summed E-state index contributed by atoms with van der Waals surface area (Å²) in [4.78, 5) is 29.4. The molecule has 1 amide bonds. The third-order valence-corrected chi connectivity index (χ3v) is 5.58. The van der Waals surface area contributed by atoms with E-state index in [0.29, 0.717) is 5.56 Å². The van der Waals surface area contributed by atoms with Crippen LogP contribution in [-0.4, -0.2) is 23.2 Å². The predicted octanol–water partition coefficient (Wildman–Crippen LogP) is 3.91. The molecule has 0 saturated heterocycles. The lowest BCUT2D eigenvalue weighted by molar-refractivity contribution is -0.670. The normalized spacial score (nSPS) is 11.9. The molecule has 4 rings (SSSR count). The van der Waals surface area contributed by atoms with Gasteiger partial charge in [-0.1, -0.05) is 66.7 Å². The minimum atomic E-state index is -0.510. The van der Waals surface area contributed by atoms with E-state index in [0.717, 1.165) is 33.3 Å². The zero-order valence-corrected chi connectivity index (χ0v) is 17.7. The molecule has 0 saturated carbocycles. The summed E-state index contributed by atoms with van der Waals surface area (Å²) < 4.78 is 0. The second kappa shape index (κ2) is 8.98. The standard InChI is InChI=1S/C26H25N3O2/c1-17-9-8-10-18(2)24(17)29-23(30)16-28-25(19-11-4-3-5-12-19)26(31)21-15-27-22-14-7-6-13-20(21)22/h3-15,25,27-28H,16H2,1-2H3,(H,29,30)/p+1/t25-/m0/s1. The number of carbonyl (C=O) groups is 2. The van der Waals surface area contributed by atoms with Gasteiger partial charge in [-0.3, -0.25) is 9.59 Å². The van der Waals surface area contributed by atoms with E-state index in [2.05, 4.69) is 10.3 Å². The molecule has 5 nitrogen and oxygen atoms in total. The van der Waals surface area contributed by atoms with E-state index >= 15 is 0 Å². The zero-order valence-electron chi connectivity index (χ0n) is 17.7. The van der Waals surface area contributed by atoms with Crippen molar-refractivity contribution in [2.24, 2.45) is 0 Å². The first kappa shape index (κ1) is 20.6. The monoisotopic (exact) mass is 412 g/mol. The van der Waals surface area contributed by atoms with E-state index in [4.69, 9.17) is 0 Å². The summed E-state index contributed by atoms with van der Waals surface area (Å²) in [7, 11) is 0. The molecule has 0 spiro atoms. The first-order valence-electron chi connectivity index (χ1n) is 10.4. The number of hydrogen-bond acceptors (Lipinski definition) is 2. The molecule has 4 aromatic rings. The van der Waals surface area contributed by atoms with Crippen LogP contribution in [0.5, 0.6) is 0 Å². The quantitative estimate of drug-likeness (QED) is 0.403. The number of quaternary nitrogens is 1. The van der Waals surface area contributed by atoms with Gasteiger partial charge in [-0.25, -0.2) is 0 Å². The number of rotatable bonds is 7. The fourth-order valence-electron chi connectivity index (χ4n) is 3.92. The van der Waals surface area contributed by atoms with Crippen molar-refractivity contribution in [1.82, 2.24) is 4.98 Å². The Morgan fingerprint density at radius 2 is 1.58 bits per heavy atom. The number of anilines is 1. The highest BCUT2D eigenvalue weighted by Crippen LogP contribution is 2.23. The summed E-state index contributed by atoms with van der Waals surface area (Å²) in [5.41, 5.74) is 5.30. The number of ketones is 1. The third kappa shape index (κ3) is 4.42. The van der Waals surface area contributed by atoms with Crippen molar-refractivity contribution in [1.29, 1.82) is 0 Å². The summed E-state index contributed by atoms with van der Waals surface area (Å²) in [6.07, 6.45) is 1.76. The molecule has 0 bridgehead atoms. The summed E-state index contributed by atoms with van der Waals surface area (Å²) in [5.74, 6) is -0.159. The highest BCUT2D eigenvalue weighted by Gasteiger charge is 2.28. The summed E-state index contributed by atoms with van der Waals surface area (Å²) in [5, 5.41) is 5.70. The van der Waals surface area contributed by atoms with Gasteiger partial charge < -0.3 is 15.6 Å². The number of nitrogens with two attached hydrogens (primary N) is 1. The number of para-hydroxylation sites is 2. The zero-order chi connectivity index (χ0) is 21.8. The Morgan fingerprint density at radius 3 is 2.32 bits per heavy atom. The van der Waals surface area contributed by atoms with Crippen molar-refractivity contribution in [3.63, 3.8) is 0 Å². The second-order valence-corrected chi connectivity index (χ2v) is 7.76. The maximum Gasteiger partial charge on any atom is 0.279 e.